The second kappa shape index (κ2) is 5.27. The second-order valence-corrected chi connectivity index (χ2v) is 4.46. The van der Waals surface area contributed by atoms with Crippen LogP contribution in [0.1, 0.15) is 16.1 Å². The maximum Gasteiger partial charge on any atom is 0.215 e. The number of rotatable bonds is 3. The largest absolute Gasteiger partial charge is 0.494 e. The van der Waals surface area contributed by atoms with Crippen LogP contribution < -0.4 is 4.74 Å². The molecule has 18 heavy (non-hydrogen) atoms. The van der Waals surface area contributed by atoms with Crippen molar-refractivity contribution in [2.45, 2.75) is 0 Å². The SMILES string of the molecule is COc1cccnc1C(=O)c1cc(F)cc(Br)c1. The third-order valence-corrected chi connectivity index (χ3v) is 2.79. The Morgan fingerprint density at radius 1 is 1.39 bits per heavy atom. The van der Waals surface area contributed by atoms with Crippen LogP contribution in [0, 0.1) is 5.82 Å². The molecule has 0 atom stereocenters. The molecule has 0 aliphatic carbocycles. The van der Waals surface area contributed by atoms with Gasteiger partial charge >= 0.3 is 0 Å². The molecule has 0 saturated heterocycles. The summed E-state index contributed by atoms with van der Waals surface area (Å²) in [4.78, 5) is 16.2. The molecule has 0 aliphatic rings. The van der Waals surface area contributed by atoms with Crippen molar-refractivity contribution in [2.24, 2.45) is 0 Å². The van der Waals surface area contributed by atoms with Gasteiger partial charge in [0.05, 0.1) is 7.11 Å². The molecule has 1 aromatic heterocycles. The first-order valence-corrected chi connectivity index (χ1v) is 5.91. The molecule has 1 heterocycles. The highest BCUT2D eigenvalue weighted by atomic mass is 79.9. The predicted molar refractivity (Wildman–Crippen MR) is 68.3 cm³/mol. The molecule has 0 saturated carbocycles. The molecule has 0 amide bonds. The van der Waals surface area contributed by atoms with Crippen LogP contribution in [0.2, 0.25) is 0 Å². The standard InChI is InChI=1S/C13H9BrFNO2/c1-18-11-3-2-4-16-12(11)13(17)8-5-9(14)7-10(15)6-8/h2-7H,1H3. The molecule has 0 N–H and O–H groups in total. The molecule has 0 spiro atoms. The summed E-state index contributed by atoms with van der Waals surface area (Å²) in [7, 11) is 1.45. The lowest BCUT2D eigenvalue weighted by molar-refractivity contribution is 0.103. The molecule has 0 fully saturated rings. The minimum atomic E-state index is -0.484. The average molecular weight is 310 g/mol. The average Bonchev–Trinajstić information content (AvgIpc) is 2.36. The molecule has 1 aromatic carbocycles. The molecule has 5 heteroatoms. The Bertz CT molecular complexity index is 581. The third kappa shape index (κ3) is 2.56. The number of carbonyl (C=O) groups excluding carboxylic acids is 1. The van der Waals surface area contributed by atoms with E-state index >= 15 is 0 Å². The van der Waals surface area contributed by atoms with Gasteiger partial charge < -0.3 is 4.74 Å². The zero-order valence-electron chi connectivity index (χ0n) is 9.48. The van der Waals surface area contributed by atoms with Gasteiger partial charge in [-0.25, -0.2) is 9.37 Å². The molecule has 92 valence electrons. The minimum absolute atomic E-state index is 0.164. The van der Waals surface area contributed by atoms with Crippen LogP contribution in [0.3, 0.4) is 0 Å². The van der Waals surface area contributed by atoms with E-state index in [1.807, 2.05) is 0 Å². The van der Waals surface area contributed by atoms with E-state index < -0.39 is 5.82 Å². The number of pyridine rings is 1. The molecule has 0 aliphatic heterocycles. The number of hydrogen-bond donors (Lipinski definition) is 0. The lowest BCUT2D eigenvalue weighted by Crippen LogP contribution is -2.06. The fourth-order valence-electron chi connectivity index (χ4n) is 1.55. The molecule has 0 bridgehead atoms. The van der Waals surface area contributed by atoms with E-state index in [-0.39, 0.29) is 17.0 Å². The van der Waals surface area contributed by atoms with Gasteiger partial charge in [-0.05, 0) is 30.3 Å². The summed E-state index contributed by atoms with van der Waals surface area (Å²) in [6.45, 7) is 0. The highest BCUT2D eigenvalue weighted by Gasteiger charge is 2.16. The number of benzene rings is 1. The normalized spacial score (nSPS) is 10.2. The zero-order valence-corrected chi connectivity index (χ0v) is 11.1. The first kappa shape index (κ1) is 12.7. The van der Waals surface area contributed by atoms with E-state index in [2.05, 4.69) is 20.9 Å². The van der Waals surface area contributed by atoms with Crippen LogP contribution in [0.25, 0.3) is 0 Å². The smallest absolute Gasteiger partial charge is 0.215 e. The topological polar surface area (TPSA) is 39.2 Å². The first-order chi connectivity index (χ1) is 8.61. The third-order valence-electron chi connectivity index (χ3n) is 2.33. The monoisotopic (exact) mass is 309 g/mol. The van der Waals surface area contributed by atoms with Crippen molar-refractivity contribution in [1.29, 1.82) is 0 Å². The van der Waals surface area contributed by atoms with E-state index in [9.17, 15) is 9.18 Å². The Hall–Kier alpha value is -1.75. The van der Waals surface area contributed by atoms with Crippen LogP contribution in [-0.4, -0.2) is 17.9 Å². The van der Waals surface area contributed by atoms with Crippen LogP contribution in [0.5, 0.6) is 5.75 Å². The van der Waals surface area contributed by atoms with Crippen LogP contribution >= 0.6 is 15.9 Å². The number of methoxy groups -OCH3 is 1. The van der Waals surface area contributed by atoms with Crippen molar-refractivity contribution in [3.05, 3.63) is 58.1 Å². The summed E-state index contributed by atoms with van der Waals surface area (Å²) in [6.07, 6.45) is 1.49. The Morgan fingerprint density at radius 2 is 2.17 bits per heavy atom. The van der Waals surface area contributed by atoms with Crippen LogP contribution in [-0.2, 0) is 0 Å². The quantitative estimate of drug-likeness (QED) is 0.817. The molecule has 0 unspecified atom stereocenters. The number of aromatic nitrogens is 1. The Balaban J connectivity index is 2.47. The molecular weight excluding hydrogens is 301 g/mol. The predicted octanol–water partition coefficient (Wildman–Crippen LogP) is 3.22. The van der Waals surface area contributed by atoms with Gasteiger partial charge in [0.1, 0.15) is 11.6 Å². The summed E-state index contributed by atoms with van der Waals surface area (Å²) in [5.74, 6) is -0.502. The summed E-state index contributed by atoms with van der Waals surface area (Å²) in [6, 6.07) is 7.29. The number of carbonyl (C=O) groups is 1. The molecular formula is C13H9BrFNO2. The Morgan fingerprint density at radius 3 is 2.83 bits per heavy atom. The van der Waals surface area contributed by atoms with Gasteiger partial charge in [-0.2, -0.15) is 0 Å². The van der Waals surface area contributed by atoms with E-state index in [4.69, 9.17) is 4.74 Å². The fraction of sp³-hybridized carbons (Fsp3) is 0.0769. The fourth-order valence-corrected chi connectivity index (χ4v) is 2.01. The zero-order chi connectivity index (χ0) is 13.1. The summed E-state index contributed by atoms with van der Waals surface area (Å²) >= 11 is 3.15. The van der Waals surface area contributed by atoms with Gasteiger partial charge in [0.2, 0.25) is 5.78 Å². The van der Waals surface area contributed by atoms with Crippen molar-refractivity contribution < 1.29 is 13.9 Å². The van der Waals surface area contributed by atoms with Crippen LogP contribution in [0.15, 0.2) is 41.0 Å². The number of ketones is 1. The van der Waals surface area contributed by atoms with Gasteiger partial charge in [-0.3, -0.25) is 4.79 Å². The van der Waals surface area contributed by atoms with Crippen LogP contribution in [0.4, 0.5) is 4.39 Å². The Kier molecular flexibility index (Phi) is 3.72. The lowest BCUT2D eigenvalue weighted by atomic mass is 10.1. The van der Waals surface area contributed by atoms with Crippen molar-refractivity contribution >= 4 is 21.7 Å². The van der Waals surface area contributed by atoms with Crippen molar-refractivity contribution in [2.75, 3.05) is 7.11 Å². The van der Waals surface area contributed by atoms with Gasteiger partial charge in [-0.15, -0.1) is 0 Å². The maximum atomic E-state index is 13.3. The highest BCUT2D eigenvalue weighted by Crippen LogP contribution is 2.21. The minimum Gasteiger partial charge on any atom is -0.494 e. The number of hydrogen-bond acceptors (Lipinski definition) is 3. The highest BCUT2D eigenvalue weighted by molar-refractivity contribution is 9.10. The lowest BCUT2D eigenvalue weighted by Gasteiger charge is -2.06. The molecule has 0 radical (unpaired) electrons. The summed E-state index contributed by atoms with van der Waals surface area (Å²) < 4.78 is 18.8. The van der Waals surface area contributed by atoms with E-state index in [0.717, 1.165) is 0 Å². The summed E-state index contributed by atoms with van der Waals surface area (Å²) in [5, 5.41) is 0. The molecule has 2 rings (SSSR count). The van der Waals surface area contributed by atoms with E-state index in [1.54, 1.807) is 18.2 Å². The maximum absolute atomic E-state index is 13.3. The molecule has 3 nitrogen and oxygen atoms in total. The van der Waals surface area contributed by atoms with Gasteiger partial charge in [0.15, 0.2) is 5.69 Å². The number of halogens is 2. The first-order valence-electron chi connectivity index (χ1n) is 5.11. The molecule has 2 aromatic rings. The van der Waals surface area contributed by atoms with Gasteiger partial charge in [0, 0.05) is 16.2 Å². The van der Waals surface area contributed by atoms with Crippen molar-refractivity contribution in [3.8, 4) is 5.75 Å². The van der Waals surface area contributed by atoms with Crippen molar-refractivity contribution in [3.63, 3.8) is 0 Å². The summed E-state index contributed by atoms with van der Waals surface area (Å²) in [5.41, 5.74) is 0.386. The Labute approximate surface area is 112 Å². The van der Waals surface area contributed by atoms with E-state index in [1.165, 1.54) is 25.4 Å². The van der Waals surface area contributed by atoms with Gasteiger partial charge in [0.25, 0.3) is 0 Å². The van der Waals surface area contributed by atoms with E-state index in [0.29, 0.717) is 10.2 Å². The second-order valence-electron chi connectivity index (χ2n) is 3.54. The number of ether oxygens (including phenoxy) is 1. The van der Waals surface area contributed by atoms with Gasteiger partial charge in [-0.1, -0.05) is 15.9 Å². The number of nitrogens with zero attached hydrogens (tertiary/aromatic N) is 1. The van der Waals surface area contributed by atoms with Crippen molar-refractivity contribution in [1.82, 2.24) is 4.98 Å².